The Morgan fingerprint density at radius 2 is 1.83 bits per heavy atom. The molecule has 0 saturated carbocycles. The predicted octanol–water partition coefficient (Wildman–Crippen LogP) is 3.68. The molecule has 0 saturated heterocycles. The van der Waals surface area contributed by atoms with Crippen LogP contribution < -0.4 is 5.32 Å². The number of nitrogens with one attached hydrogen (secondary N) is 1. The highest BCUT2D eigenvalue weighted by atomic mass is 15.2. The fourth-order valence-electron chi connectivity index (χ4n) is 2.68. The molecule has 0 spiro atoms. The van der Waals surface area contributed by atoms with Gasteiger partial charge in [-0.15, -0.1) is 0 Å². The minimum absolute atomic E-state index is 0.471. The highest BCUT2D eigenvalue weighted by Gasteiger charge is 2.22. The molecule has 1 N–H and O–H groups in total. The van der Waals surface area contributed by atoms with E-state index in [2.05, 4.69) is 37.4 Å². The van der Waals surface area contributed by atoms with Crippen LogP contribution in [0.15, 0.2) is 12.4 Å². The van der Waals surface area contributed by atoms with Gasteiger partial charge in [0.2, 0.25) is 0 Å². The first-order valence-corrected chi connectivity index (χ1v) is 7.44. The van der Waals surface area contributed by atoms with Crippen molar-refractivity contribution in [3.8, 4) is 0 Å². The summed E-state index contributed by atoms with van der Waals surface area (Å²) in [5.41, 5.74) is 1.35. The van der Waals surface area contributed by atoms with Crippen LogP contribution in [0, 0.1) is 5.92 Å². The topological polar surface area (TPSA) is 29.9 Å². The Morgan fingerprint density at radius 3 is 2.28 bits per heavy atom. The van der Waals surface area contributed by atoms with Crippen LogP contribution in [0.5, 0.6) is 0 Å². The van der Waals surface area contributed by atoms with Crippen LogP contribution in [0.3, 0.4) is 0 Å². The van der Waals surface area contributed by atoms with Gasteiger partial charge in [0.15, 0.2) is 0 Å². The molecule has 1 aromatic heterocycles. The molecule has 0 aromatic carbocycles. The van der Waals surface area contributed by atoms with Crippen molar-refractivity contribution in [3.63, 3.8) is 0 Å². The number of aryl methyl sites for hydroxylation is 1. The van der Waals surface area contributed by atoms with Crippen molar-refractivity contribution >= 4 is 0 Å². The van der Waals surface area contributed by atoms with Gasteiger partial charge in [-0.1, -0.05) is 33.6 Å². The molecule has 0 amide bonds. The van der Waals surface area contributed by atoms with E-state index >= 15 is 0 Å². The normalized spacial score (nSPS) is 13.2. The van der Waals surface area contributed by atoms with Gasteiger partial charge in [0.25, 0.3) is 0 Å². The monoisotopic (exact) mass is 251 g/mol. The summed E-state index contributed by atoms with van der Waals surface area (Å²) in [5.74, 6) is 0.732. The Balaban J connectivity index is 2.80. The molecular weight excluding hydrogens is 222 g/mol. The zero-order valence-electron chi connectivity index (χ0n) is 12.4. The van der Waals surface area contributed by atoms with E-state index in [-0.39, 0.29) is 0 Å². The Kier molecular flexibility index (Phi) is 7.02. The lowest BCUT2D eigenvalue weighted by molar-refractivity contribution is 0.316. The molecule has 1 aromatic rings. The lowest BCUT2D eigenvalue weighted by atomic mass is 9.87. The van der Waals surface area contributed by atoms with Gasteiger partial charge in [0, 0.05) is 24.8 Å². The molecule has 18 heavy (non-hydrogen) atoms. The average molecular weight is 251 g/mol. The number of aromatic nitrogens is 2. The first kappa shape index (κ1) is 15.2. The molecule has 0 aliphatic heterocycles. The van der Waals surface area contributed by atoms with Crippen molar-refractivity contribution in [1.29, 1.82) is 0 Å². The lowest BCUT2D eigenvalue weighted by Crippen LogP contribution is -2.29. The van der Waals surface area contributed by atoms with Gasteiger partial charge >= 0.3 is 0 Å². The third kappa shape index (κ3) is 4.45. The third-order valence-electron chi connectivity index (χ3n) is 3.49. The maximum atomic E-state index is 4.32. The van der Waals surface area contributed by atoms with E-state index in [1.54, 1.807) is 0 Å². The second-order valence-corrected chi connectivity index (χ2v) is 5.22. The van der Waals surface area contributed by atoms with E-state index in [1.165, 1.54) is 37.7 Å². The van der Waals surface area contributed by atoms with Crippen molar-refractivity contribution in [2.24, 2.45) is 13.0 Å². The van der Waals surface area contributed by atoms with E-state index in [0.29, 0.717) is 6.04 Å². The fourth-order valence-corrected chi connectivity index (χ4v) is 2.68. The largest absolute Gasteiger partial charge is 0.310 e. The molecule has 1 heterocycles. The van der Waals surface area contributed by atoms with Gasteiger partial charge in [-0.2, -0.15) is 5.10 Å². The van der Waals surface area contributed by atoms with Crippen molar-refractivity contribution < 1.29 is 0 Å². The van der Waals surface area contributed by atoms with Crippen LogP contribution in [-0.2, 0) is 7.05 Å². The van der Waals surface area contributed by atoms with Gasteiger partial charge in [-0.25, -0.2) is 0 Å². The third-order valence-corrected chi connectivity index (χ3v) is 3.49. The van der Waals surface area contributed by atoms with Crippen molar-refractivity contribution in [1.82, 2.24) is 15.1 Å². The van der Waals surface area contributed by atoms with Crippen LogP contribution in [0.2, 0.25) is 0 Å². The van der Waals surface area contributed by atoms with Gasteiger partial charge in [-0.3, -0.25) is 4.68 Å². The first-order valence-electron chi connectivity index (χ1n) is 7.44. The van der Waals surface area contributed by atoms with Gasteiger partial charge in [-0.05, 0) is 31.7 Å². The predicted molar refractivity (Wildman–Crippen MR) is 77.5 cm³/mol. The number of nitrogens with zero attached hydrogens (tertiary/aromatic N) is 2. The summed E-state index contributed by atoms with van der Waals surface area (Å²) in [7, 11) is 2.00. The summed E-state index contributed by atoms with van der Waals surface area (Å²) in [4.78, 5) is 0. The van der Waals surface area contributed by atoms with Crippen LogP contribution >= 0.6 is 0 Å². The maximum Gasteiger partial charge on any atom is 0.0537 e. The molecule has 0 bridgehead atoms. The molecule has 1 rings (SSSR count). The van der Waals surface area contributed by atoms with E-state index < -0.39 is 0 Å². The Bertz CT molecular complexity index is 313. The molecule has 0 aliphatic carbocycles. The van der Waals surface area contributed by atoms with E-state index in [1.807, 2.05) is 17.9 Å². The molecule has 3 nitrogen and oxygen atoms in total. The number of hydrogen-bond donors (Lipinski definition) is 1. The zero-order chi connectivity index (χ0) is 13.4. The van der Waals surface area contributed by atoms with Gasteiger partial charge in [0.1, 0.15) is 0 Å². The smallest absolute Gasteiger partial charge is 0.0537 e. The molecule has 1 atom stereocenters. The molecule has 104 valence electrons. The van der Waals surface area contributed by atoms with E-state index in [4.69, 9.17) is 0 Å². The van der Waals surface area contributed by atoms with Gasteiger partial charge in [0.05, 0.1) is 6.20 Å². The summed E-state index contributed by atoms with van der Waals surface area (Å²) in [5, 5.41) is 8.04. The van der Waals surface area contributed by atoms with Crippen LogP contribution in [0.4, 0.5) is 0 Å². The molecule has 3 heteroatoms. The Morgan fingerprint density at radius 1 is 1.17 bits per heavy atom. The number of hydrogen-bond acceptors (Lipinski definition) is 2. The quantitative estimate of drug-likeness (QED) is 0.725. The van der Waals surface area contributed by atoms with E-state index in [0.717, 1.165) is 12.5 Å². The standard InChI is InChI=1S/C15H29N3/c1-5-8-13(9-6-2)15(16-10-7-3)14-11-17-18(4)12-14/h11-13,15-16H,5-10H2,1-4H3. The first-order chi connectivity index (χ1) is 8.72. The number of rotatable bonds is 9. The van der Waals surface area contributed by atoms with Gasteiger partial charge < -0.3 is 5.32 Å². The molecule has 0 fully saturated rings. The zero-order valence-corrected chi connectivity index (χ0v) is 12.4. The second-order valence-electron chi connectivity index (χ2n) is 5.22. The van der Waals surface area contributed by atoms with E-state index in [9.17, 15) is 0 Å². The van der Waals surface area contributed by atoms with Crippen LogP contribution in [0.25, 0.3) is 0 Å². The van der Waals surface area contributed by atoms with Crippen molar-refractivity contribution in [3.05, 3.63) is 18.0 Å². The summed E-state index contributed by atoms with van der Waals surface area (Å²) < 4.78 is 1.91. The molecular formula is C15H29N3. The fraction of sp³-hybridized carbons (Fsp3) is 0.800. The molecule has 0 aliphatic rings. The SMILES string of the molecule is CCCNC(c1cnn(C)c1)C(CCC)CCC. The summed E-state index contributed by atoms with van der Waals surface area (Å²) in [6.45, 7) is 7.87. The summed E-state index contributed by atoms with van der Waals surface area (Å²) in [6, 6.07) is 0.471. The molecule has 1 unspecified atom stereocenters. The van der Waals surface area contributed by atoms with Crippen molar-refractivity contribution in [2.45, 2.75) is 58.9 Å². The Hall–Kier alpha value is -0.830. The summed E-state index contributed by atoms with van der Waals surface area (Å²) in [6.07, 6.45) is 10.5. The second kappa shape index (κ2) is 8.30. The average Bonchev–Trinajstić information content (AvgIpc) is 2.77. The summed E-state index contributed by atoms with van der Waals surface area (Å²) >= 11 is 0. The van der Waals surface area contributed by atoms with Crippen molar-refractivity contribution in [2.75, 3.05) is 6.54 Å². The maximum absolute atomic E-state index is 4.32. The minimum Gasteiger partial charge on any atom is -0.310 e. The van der Waals surface area contributed by atoms with Crippen LogP contribution in [-0.4, -0.2) is 16.3 Å². The Labute approximate surface area is 112 Å². The highest BCUT2D eigenvalue weighted by molar-refractivity contribution is 5.11. The molecule has 0 radical (unpaired) electrons. The van der Waals surface area contributed by atoms with Crippen LogP contribution in [0.1, 0.15) is 64.5 Å². The minimum atomic E-state index is 0.471. The lowest BCUT2D eigenvalue weighted by Gasteiger charge is -2.27. The highest BCUT2D eigenvalue weighted by Crippen LogP contribution is 2.29.